The fourth-order valence-electron chi connectivity index (χ4n) is 4.01. The van der Waals surface area contributed by atoms with Crippen molar-refractivity contribution in [3.05, 3.63) is 93.6 Å². The van der Waals surface area contributed by atoms with E-state index in [1.165, 1.54) is 0 Å². The molecule has 0 spiro atoms. The third-order valence-corrected chi connectivity index (χ3v) is 6.77. The Morgan fingerprint density at radius 1 is 1.09 bits per heavy atom. The summed E-state index contributed by atoms with van der Waals surface area (Å²) in [5.74, 6) is 1.61. The smallest absolute Gasteiger partial charge is 0.322 e. The van der Waals surface area contributed by atoms with E-state index < -0.39 is 6.04 Å². The van der Waals surface area contributed by atoms with Gasteiger partial charge in [-0.1, -0.05) is 41.1 Å². The van der Waals surface area contributed by atoms with Gasteiger partial charge < -0.3 is 14.6 Å². The van der Waals surface area contributed by atoms with Gasteiger partial charge in [0.05, 0.1) is 25.3 Å². The SMILES string of the molecule is COc1ccc(-c2noc(C3=C(C)N(Cc4cccs4)C(=O)NC3c3ccc(C)cc3)n2)cc1. The van der Waals surface area contributed by atoms with Crippen molar-refractivity contribution in [3.8, 4) is 17.1 Å². The normalized spacial score (nSPS) is 16.0. The second-order valence-electron chi connectivity index (χ2n) is 8.11. The highest BCUT2D eigenvalue weighted by Gasteiger charge is 2.35. The van der Waals surface area contributed by atoms with E-state index in [0.29, 0.717) is 18.3 Å². The van der Waals surface area contributed by atoms with Crippen LogP contribution in [0.3, 0.4) is 0 Å². The first-order chi connectivity index (χ1) is 16.5. The molecular weight excluding hydrogens is 448 g/mol. The van der Waals surface area contributed by atoms with Crippen LogP contribution in [-0.4, -0.2) is 28.2 Å². The molecule has 34 heavy (non-hydrogen) atoms. The van der Waals surface area contributed by atoms with Gasteiger partial charge in [0.2, 0.25) is 5.82 Å². The Bertz CT molecular complexity index is 1330. The maximum atomic E-state index is 13.2. The number of nitrogens with zero attached hydrogens (tertiary/aromatic N) is 3. The molecule has 0 radical (unpaired) electrons. The molecule has 0 aliphatic carbocycles. The fraction of sp³-hybridized carbons (Fsp3) is 0.192. The van der Waals surface area contributed by atoms with E-state index >= 15 is 0 Å². The summed E-state index contributed by atoms with van der Waals surface area (Å²) in [5.41, 5.74) is 4.48. The zero-order chi connectivity index (χ0) is 23.7. The summed E-state index contributed by atoms with van der Waals surface area (Å²) in [5, 5.41) is 9.38. The molecule has 2 aromatic heterocycles. The minimum Gasteiger partial charge on any atom is -0.497 e. The molecule has 5 rings (SSSR count). The average Bonchev–Trinajstić information content (AvgIpc) is 3.54. The summed E-state index contributed by atoms with van der Waals surface area (Å²) in [7, 11) is 1.63. The molecule has 0 saturated heterocycles. The Hall–Kier alpha value is -3.91. The van der Waals surface area contributed by atoms with E-state index in [0.717, 1.165) is 38.6 Å². The maximum Gasteiger partial charge on any atom is 0.322 e. The van der Waals surface area contributed by atoms with E-state index in [2.05, 4.69) is 10.5 Å². The molecule has 0 bridgehead atoms. The number of benzene rings is 2. The van der Waals surface area contributed by atoms with Crippen LogP contribution in [0.2, 0.25) is 0 Å². The van der Waals surface area contributed by atoms with Gasteiger partial charge >= 0.3 is 6.03 Å². The minimum atomic E-state index is -0.406. The average molecular weight is 473 g/mol. The van der Waals surface area contributed by atoms with Crippen LogP contribution in [0.15, 0.2) is 76.3 Å². The Kier molecular flexibility index (Phi) is 5.90. The highest BCUT2D eigenvalue weighted by Crippen LogP contribution is 2.38. The van der Waals surface area contributed by atoms with Gasteiger partial charge in [-0.25, -0.2) is 4.79 Å². The number of carbonyl (C=O) groups is 1. The Balaban J connectivity index is 1.58. The molecule has 0 saturated carbocycles. The maximum absolute atomic E-state index is 13.2. The lowest BCUT2D eigenvalue weighted by molar-refractivity contribution is 0.203. The van der Waals surface area contributed by atoms with E-state index in [9.17, 15) is 4.79 Å². The van der Waals surface area contributed by atoms with Crippen LogP contribution in [0.1, 0.15) is 34.9 Å². The molecular formula is C26H24N4O3S. The number of aromatic nitrogens is 2. The van der Waals surface area contributed by atoms with E-state index in [-0.39, 0.29) is 6.03 Å². The van der Waals surface area contributed by atoms with Gasteiger partial charge in [-0.3, -0.25) is 4.90 Å². The molecule has 1 N–H and O–H groups in total. The van der Waals surface area contributed by atoms with E-state index in [1.807, 2.05) is 79.9 Å². The molecule has 7 nitrogen and oxygen atoms in total. The molecule has 4 aromatic rings. The molecule has 1 aliphatic heterocycles. The number of hydrogen-bond donors (Lipinski definition) is 1. The topological polar surface area (TPSA) is 80.5 Å². The van der Waals surface area contributed by atoms with Crippen molar-refractivity contribution in [2.45, 2.75) is 26.4 Å². The standard InChI is InChI=1S/C26H24N4O3S/c1-16-6-8-18(9-7-16)23-22(17(2)30(26(31)27-23)15-21-5-4-14-34-21)25-28-24(29-33-25)19-10-12-20(32-3)13-11-19/h4-14,23H,15H2,1-3H3,(H,27,31). The molecule has 1 aliphatic rings. The second-order valence-corrected chi connectivity index (χ2v) is 9.14. The number of rotatable bonds is 6. The van der Waals surface area contributed by atoms with Gasteiger partial charge in [-0.2, -0.15) is 4.98 Å². The summed E-state index contributed by atoms with van der Waals surface area (Å²) in [6.07, 6.45) is 0. The molecule has 8 heteroatoms. The first kappa shape index (κ1) is 21.9. The van der Waals surface area contributed by atoms with Crippen LogP contribution in [0.5, 0.6) is 5.75 Å². The monoisotopic (exact) mass is 472 g/mol. The highest BCUT2D eigenvalue weighted by molar-refractivity contribution is 7.09. The van der Waals surface area contributed by atoms with Crippen LogP contribution >= 0.6 is 11.3 Å². The number of thiophene rings is 1. The summed E-state index contributed by atoms with van der Waals surface area (Å²) >= 11 is 1.61. The zero-order valence-electron chi connectivity index (χ0n) is 19.1. The quantitative estimate of drug-likeness (QED) is 0.383. The number of nitrogens with one attached hydrogen (secondary N) is 1. The first-order valence-corrected chi connectivity index (χ1v) is 11.8. The third kappa shape index (κ3) is 4.20. The van der Waals surface area contributed by atoms with Crippen molar-refractivity contribution in [1.82, 2.24) is 20.4 Å². The van der Waals surface area contributed by atoms with Crippen molar-refractivity contribution in [2.75, 3.05) is 7.11 Å². The number of ether oxygens (including phenoxy) is 1. The van der Waals surface area contributed by atoms with Gasteiger partial charge in [0.1, 0.15) is 5.75 Å². The predicted octanol–water partition coefficient (Wildman–Crippen LogP) is 5.81. The van der Waals surface area contributed by atoms with Crippen molar-refractivity contribution in [1.29, 1.82) is 0 Å². The number of hydrogen-bond acceptors (Lipinski definition) is 6. The second kappa shape index (κ2) is 9.15. The van der Waals surface area contributed by atoms with Crippen molar-refractivity contribution >= 4 is 22.9 Å². The number of urea groups is 1. The lowest BCUT2D eigenvalue weighted by Crippen LogP contribution is -2.45. The van der Waals surface area contributed by atoms with Gasteiger partial charge in [-0.05, 0) is 55.1 Å². The van der Waals surface area contributed by atoms with Crippen LogP contribution in [-0.2, 0) is 6.54 Å². The Morgan fingerprint density at radius 2 is 1.85 bits per heavy atom. The minimum absolute atomic E-state index is 0.157. The molecule has 2 amide bonds. The third-order valence-electron chi connectivity index (χ3n) is 5.91. The molecule has 0 fully saturated rings. The van der Waals surface area contributed by atoms with Crippen molar-refractivity contribution in [3.63, 3.8) is 0 Å². The number of aryl methyl sites for hydroxylation is 1. The Morgan fingerprint density at radius 3 is 2.53 bits per heavy atom. The molecule has 2 aromatic carbocycles. The molecule has 172 valence electrons. The summed E-state index contributed by atoms with van der Waals surface area (Å²) < 4.78 is 11.0. The molecule has 1 atom stereocenters. The number of methoxy groups -OCH3 is 1. The number of allylic oxidation sites excluding steroid dienone is 1. The van der Waals surface area contributed by atoms with Crippen molar-refractivity contribution in [2.24, 2.45) is 0 Å². The van der Waals surface area contributed by atoms with Crippen LogP contribution < -0.4 is 10.1 Å². The van der Waals surface area contributed by atoms with E-state index in [1.54, 1.807) is 23.3 Å². The zero-order valence-corrected chi connectivity index (χ0v) is 19.9. The van der Waals surface area contributed by atoms with Crippen molar-refractivity contribution < 1.29 is 14.1 Å². The van der Waals surface area contributed by atoms with Crippen LogP contribution in [0, 0.1) is 6.92 Å². The van der Waals surface area contributed by atoms with Crippen LogP contribution in [0.4, 0.5) is 4.79 Å². The lowest BCUT2D eigenvalue weighted by Gasteiger charge is -2.35. The first-order valence-electron chi connectivity index (χ1n) is 10.9. The van der Waals surface area contributed by atoms with Crippen LogP contribution in [0.25, 0.3) is 17.0 Å². The Labute approximate surface area is 201 Å². The van der Waals surface area contributed by atoms with Gasteiger partial charge in [0.15, 0.2) is 0 Å². The molecule has 3 heterocycles. The fourth-order valence-corrected chi connectivity index (χ4v) is 4.70. The molecule has 1 unspecified atom stereocenters. The van der Waals surface area contributed by atoms with E-state index in [4.69, 9.17) is 14.2 Å². The largest absolute Gasteiger partial charge is 0.497 e. The lowest BCUT2D eigenvalue weighted by atomic mass is 9.94. The van der Waals surface area contributed by atoms with Gasteiger partial charge in [0, 0.05) is 16.1 Å². The summed E-state index contributed by atoms with van der Waals surface area (Å²) in [6, 6.07) is 19.0. The summed E-state index contributed by atoms with van der Waals surface area (Å²) in [4.78, 5) is 20.7. The predicted molar refractivity (Wildman–Crippen MR) is 131 cm³/mol. The summed E-state index contributed by atoms with van der Waals surface area (Å²) in [6.45, 7) is 4.44. The van der Waals surface area contributed by atoms with Gasteiger partial charge in [-0.15, -0.1) is 11.3 Å². The highest BCUT2D eigenvalue weighted by atomic mass is 32.1. The number of carbonyl (C=O) groups excluding carboxylic acids is 1. The van der Waals surface area contributed by atoms with Gasteiger partial charge in [0.25, 0.3) is 5.89 Å². The number of amides is 2.